The van der Waals surface area contributed by atoms with E-state index in [1.807, 2.05) is 0 Å². The van der Waals surface area contributed by atoms with Gasteiger partial charge >= 0.3 is 0 Å². The summed E-state index contributed by atoms with van der Waals surface area (Å²) in [6.07, 6.45) is 3.10. The molecular formula is C18H36N2O. The van der Waals surface area contributed by atoms with Gasteiger partial charge in [0.1, 0.15) is 0 Å². The number of rotatable bonds is 7. The van der Waals surface area contributed by atoms with E-state index in [0.29, 0.717) is 36.1 Å². The van der Waals surface area contributed by atoms with Crippen LogP contribution in [0.1, 0.15) is 60.8 Å². The molecule has 0 aliphatic carbocycles. The van der Waals surface area contributed by atoms with Gasteiger partial charge in [-0.15, -0.1) is 0 Å². The number of carbonyl (C=O) groups is 1. The van der Waals surface area contributed by atoms with Crippen LogP contribution in [-0.4, -0.2) is 36.5 Å². The molecule has 1 saturated heterocycles. The highest BCUT2D eigenvalue weighted by Crippen LogP contribution is 2.25. The molecule has 2 unspecified atom stereocenters. The molecule has 1 fully saturated rings. The van der Waals surface area contributed by atoms with Crippen molar-refractivity contribution in [1.82, 2.24) is 10.2 Å². The predicted molar refractivity (Wildman–Crippen MR) is 90.2 cm³/mol. The SMILES string of the molecule is CC(C)CCNC1CC(C(C)C)CN(C(=O)CC(C)C)C1. The summed E-state index contributed by atoms with van der Waals surface area (Å²) in [5.41, 5.74) is 0. The van der Waals surface area contributed by atoms with Crippen LogP contribution in [0.15, 0.2) is 0 Å². The molecule has 1 rings (SSSR count). The highest BCUT2D eigenvalue weighted by molar-refractivity contribution is 5.76. The topological polar surface area (TPSA) is 32.3 Å². The molecule has 1 heterocycles. The van der Waals surface area contributed by atoms with Crippen molar-refractivity contribution in [1.29, 1.82) is 0 Å². The van der Waals surface area contributed by atoms with Gasteiger partial charge in [-0.2, -0.15) is 0 Å². The molecule has 1 amide bonds. The monoisotopic (exact) mass is 296 g/mol. The molecule has 1 aliphatic heterocycles. The molecule has 124 valence electrons. The minimum absolute atomic E-state index is 0.339. The second kappa shape index (κ2) is 8.77. The van der Waals surface area contributed by atoms with Crippen molar-refractivity contribution in [2.45, 2.75) is 66.8 Å². The summed E-state index contributed by atoms with van der Waals surface area (Å²) >= 11 is 0. The summed E-state index contributed by atoms with van der Waals surface area (Å²) in [4.78, 5) is 14.5. The van der Waals surface area contributed by atoms with Crippen LogP contribution in [0.25, 0.3) is 0 Å². The van der Waals surface area contributed by atoms with E-state index in [0.717, 1.165) is 25.6 Å². The highest BCUT2D eigenvalue weighted by Gasteiger charge is 2.31. The van der Waals surface area contributed by atoms with E-state index in [1.165, 1.54) is 12.8 Å². The first-order valence-electron chi connectivity index (χ1n) is 8.80. The Morgan fingerprint density at radius 1 is 1.10 bits per heavy atom. The summed E-state index contributed by atoms with van der Waals surface area (Å²) in [5, 5.41) is 3.68. The van der Waals surface area contributed by atoms with E-state index in [9.17, 15) is 4.79 Å². The van der Waals surface area contributed by atoms with Gasteiger partial charge in [0.15, 0.2) is 0 Å². The van der Waals surface area contributed by atoms with Gasteiger partial charge < -0.3 is 10.2 Å². The van der Waals surface area contributed by atoms with E-state index in [1.54, 1.807) is 0 Å². The molecule has 0 radical (unpaired) electrons. The van der Waals surface area contributed by atoms with Gasteiger partial charge in [-0.3, -0.25) is 4.79 Å². The van der Waals surface area contributed by atoms with Gasteiger partial charge in [0.2, 0.25) is 5.91 Å². The van der Waals surface area contributed by atoms with E-state index in [-0.39, 0.29) is 0 Å². The molecule has 3 heteroatoms. The van der Waals surface area contributed by atoms with Crippen LogP contribution in [0.4, 0.5) is 0 Å². The Bertz CT molecular complexity index is 312. The van der Waals surface area contributed by atoms with Gasteiger partial charge in [-0.05, 0) is 43.1 Å². The van der Waals surface area contributed by atoms with Crippen molar-refractivity contribution in [2.75, 3.05) is 19.6 Å². The average Bonchev–Trinajstić information content (AvgIpc) is 2.37. The first-order chi connectivity index (χ1) is 9.79. The average molecular weight is 296 g/mol. The third-order valence-electron chi connectivity index (χ3n) is 4.52. The fourth-order valence-electron chi connectivity index (χ4n) is 3.03. The van der Waals surface area contributed by atoms with Gasteiger partial charge in [-0.25, -0.2) is 0 Å². The van der Waals surface area contributed by atoms with Crippen molar-refractivity contribution in [3.8, 4) is 0 Å². The summed E-state index contributed by atoms with van der Waals surface area (Å²) < 4.78 is 0. The number of hydrogen-bond donors (Lipinski definition) is 1. The van der Waals surface area contributed by atoms with Crippen LogP contribution in [-0.2, 0) is 4.79 Å². The molecule has 2 atom stereocenters. The maximum Gasteiger partial charge on any atom is 0.222 e. The lowest BCUT2D eigenvalue weighted by molar-refractivity contribution is -0.134. The highest BCUT2D eigenvalue weighted by atomic mass is 16.2. The van der Waals surface area contributed by atoms with Gasteiger partial charge in [-0.1, -0.05) is 41.5 Å². The Morgan fingerprint density at radius 2 is 1.76 bits per heavy atom. The lowest BCUT2D eigenvalue weighted by atomic mass is 9.85. The third kappa shape index (κ3) is 6.82. The second-order valence-corrected chi connectivity index (χ2v) is 7.97. The zero-order chi connectivity index (χ0) is 16.0. The summed E-state index contributed by atoms with van der Waals surface area (Å²) in [6, 6.07) is 0.473. The first-order valence-corrected chi connectivity index (χ1v) is 8.80. The van der Waals surface area contributed by atoms with E-state index in [2.05, 4.69) is 51.8 Å². The Hall–Kier alpha value is -0.570. The van der Waals surface area contributed by atoms with Crippen LogP contribution in [0.5, 0.6) is 0 Å². The van der Waals surface area contributed by atoms with Crippen LogP contribution < -0.4 is 5.32 Å². The Morgan fingerprint density at radius 3 is 2.29 bits per heavy atom. The van der Waals surface area contributed by atoms with Crippen LogP contribution in [0.3, 0.4) is 0 Å². The molecule has 21 heavy (non-hydrogen) atoms. The minimum Gasteiger partial charge on any atom is -0.341 e. The number of hydrogen-bond acceptors (Lipinski definition) is 2. The summed E-state index contributed by atoms with van der Waals surface area (Å²) in [7, 11) is 0. The number of nitrogens with zero attached hydrogens (tertiary/aromatic N) is 1. The maximum absolute atomic E-state index is 12.4. The first kappa shape index (κ1) is 18.5. The number of likely N-dealkylation sites (tertiary alicyclic amines) is 1. The normalized spacial score (nSPS) is 23.4. The lowest BCUT2D eigenvalue weighted by Crippen LogP contribution is -2.52. The van der Waals surface area contributed by atoms with Crippen molar-refractivity contribution >= 4 is 5.91 Å². The van der Waals surface area contributed by atoms with E-state index < -0.39 is 0 Å². The molecule has 0 spiro atoms. The van der Waals surface area contributed by atoms with E-state index >= 15 is 0 Å². The molecule has 1 aliphatic rings. The van der Waals surface area contributed by atoms with Crippen molar-refractivity contribution < 1.29 is 4.79 Å². The molecule has 0 aromatic carbocycles. The van der Waals surface area contributed by atoms with Crippen molar-refractivity contribution in [3.05, 3.63) is 0 Å². The van der Waals surface area contributed by atoms with Gasteiger partial charge in [0.05, 0.1) is 0 Å². The molecule has 0 saturated carbocycles. The Kier molecular flexibility index (Phi) is 7.72. The summed E-state index contributed by atoms with van der Waals surface area (Å²) in [5.74, 6) is 2.80. The standard InChI is InChI=1S/C18H36N2O/c1-13(2)7-8-19-17-10-16(15(5)6)11-20(12-17)18(21)9-14(3)4/h13-17,19H,7-12H2,1-6H3. The number of piperidine rings is 1. The third-order valence-corrected chi connectivity index (χ3v) is 4.52. The van der Waals surface area contributed by atoms with Gasteiger partial charge in [0.25, 0.3) is 0 Å². The molecule has 0 bridgehead atoms. The number of nitrogens with one attached hydrogen (secondary N) is 1. The Balaban J connectivity index is 2.57. The minimum atomic E-state index is 0.339. The van der Waals surface area contributed by atoms with Crippen LogP contribution in [0.2, 0.25) is 0 Å². The molecule has 0 aromatic heterocycles. The zero-order valence-electron chi connectivity index (χ0n) is 15.0. The fourth-order valence-corrected chi connectivity index (χ4v) is 3.03. The molecule has 0 aromatic rings. The zero-order valence-corrected chi connectivity index (χ0v) is 15.0. The summed E-state index contributed by atoms with van der Waals surface area (Å²) in [6.45, 7) is 16.3. The van der Waals surface area contributed by atoms with Crippen LogP contribution in [0, 0.1) is 23.7 Å². The molecule has 3 nitrogen and oxygen atoms in total. The fraction of sp³-hybridized carbons (Fsp3) is 0.944. The lowest BCUT2D eigenvalue weighted by Gasteiger charge is -2.40. The number of amides is 1. The van der Waals surface area contributed by atoms with Crippen LogP contribution >= 0.6 is 0 Å². The smallest absolute Gasteiger partial charge is 0.222 e. The van der Waals surface area contributed by atoms with Gasteiger partial charge in [0, 0.05) is 25.6 Å². The Labute approximate surface area is 131 Å². The quantitative estimate of drug-likeness (QED) is 0.779. The maximum atomic E-state index is 12.4. The molecule has 1 N–H and O–H groups in total. The van der Waals surface area contributed by atoms with Crippen molar-refractivity contribution in [3.63, 3.8) is 0 Å². The van der Waals surface area contributed by atoms with Crippen molar-refractivity contribution in [2.24, 2.45) is 23.7 Å². The number of carbonyl (C=O) groups excluding carboxylic acids is 1. The largest absolute Gasteiger partial charge is 0.341 e. The second-order valence-electron chi connectivity index (χ2n) is 7.97. The van der Waals surface area contributed by atoms with E-state index in [4.69, 9.17) is 0 Å². The predicted octanol–water partition coefficient (Wildman–Crippen LogP) is 3.54. The molecular weight excluding hydrogens is 260 g/mol.